The van der Waals surface area contributed by atoms with E-state index < -0.39 is 17.1 Å². The second-order valence-corrected chi connectivity index (χ2v) is 2.61. The molecule has 0 spiro atoms. The summed E-state index contributed by atoms with van der Waals surface area (Å²) in [5.41, 5.74) is 5.38. The molecule has 7 nitrogen and oxygen atoms in total. The predicted molar refractivity (Wildman–Crippen MR) is 41.6 cm³/mol. The second-order valence-electron chi connectivity index (χ2n) is 2.61. The van der Waals surface area contributed by atoms with Gasteiger partial charge in [0.15, 0.2) is 0 Å². The van der Waals surface area contributed by atoms with E-state index in [0.29, 0.717) is 6.42 Å². The van der Waals surface area contributed by atoms with E-state index in [-0.39, 0.29) is 5.92 Å². The summed E-state index contributed by atoms with van der Waals surface area (Å²) in [6.07, 6.45) is 0.675. The van der Waals surface area contributed by atoms with Crippen LogP contribution in [0.1, 0.15) is 20.3 Å². The molecule has 0 bridgehead atoms. The average Bonchev–Trinajstić information content (AvgIpc) is 2.11. The molecule has 0 fully saturated rings. The molecule has 0 amide bonds. The maximum Gasteiger partial charge on any atom is 0.359 e. The normalized spacial score (nSPS) is 14.4. The summed E-state index contributed by atoms with van der Waals surface area (Å²) in [7, 11) is 0. The van der Waals surface area contributed by atoms with Crippen molar-refractivity contribution in [2.75, 3.05) is 0 Å². The summed E-state index contributed by atoms with van der Waals surface area (Å²) < 4.78 is 0. The van der Waals surface area contributed by atoms with Crippen molar-refractivity contribution in [2.45, 2.75) is 26.3 Å². The Morgan fingerprint density at radius 3 is 2.62 bits per heavy atom. The van der Waals surface area contributed by atoms with Crippen LogP contribution in [0.25, 0.3) is 0 Å². The molecule has 0 aromatic rings. The van der Waals surface area contributed by atoms with E-state index in [0.717, 1.165) is 0 Å². The Labute approximate surface area is 74.8 Å². The molecule has 2 N–H and O–H groups in total. The summed E-state index contributed by atoms with van der Waals surface area (Å²) in [6, 6.07) is -0.898. The molecule has 2 atom stereocenters. The van der Waals surface area contributed by atoms with Gasteiger partial charge in [-0.3, -0.25) is 4.89 Å². The minimum atomic E-state index is -1.22. The van der Waals surface area contributed by atoms with Crippen molar-refractivity contribution in [2.24, 2.45) is 11.7 Å². The van der Waals surface area contributed by atoms with Gasteiger partial charge in [0.05, 0.1) is 0 Å². The molecule has 0 aromatic carbocycles. The highest BCUT2D eigenvalue weighted by Crippen LogP contribution is 2.06. The highest BCUT2D eigenvalue weighted by Gasteiger charge is 2.22. The van der Waals surface area contributed by atoms with E-state index >= 15 is 0 Å². The van der Waals surface area contributed by atoms with E-state index in [1.165, 1.54) is 0 Å². The number of nitrogens with zero attached hydrogens (tertiary/aromatic N) is 1. The van der Waals surface area contributed by atoms with Gasteiger partial charge in [-0.1, -0.05) is 25.3 Å². The molecule has 0 heterocycles. The summed E-state index contributed by atoms with van der Waals surface area (Å²) in [6.45, 7) is 3.57. The van der Waals surface area contributed by atoms with Crippen molar-refractivity contribution >= 4 is 5.97 Å². The quantitative estimate of drug-likeness (QED) is 0.374. The zero-order chi connectivity index (χ0) is 10.4. The van der Waals surface area contributed by atoms with Gasteiger partial charge in [0, 0.05) is 0 Å². The van der Waals surface area contributed by atoms with E-state index in [1.807, 2.05) is 6.92 Å². The van der Waals surface area contributed by atoms with E-state index in [2.05, 4.69) is 9.88 Å². The van der Waals surface area contributed by atoms with Crippen LogP contribution in [0.4, 0.5) is 0 Å². The van der Waals surface area contributed by atoms with Gasteiger partial charge in [-0.15, -0.1) is 10.1 Å². The van der Waals surface area contributed by atoms with Gasteiger partial charge < -0.3 is 5.73 Å². The van der Waals surface area contributed by atoms with E-state index in [4.69, 9.17) is 5.73 Å². The predicted octanol–water partition coefficient (Wildman–Crippen LogP) is 0.0263. The fourth-order valence-electron chi connectivity index (χ4n) is 0.609. The molecule has 1 unspecified atom stereocenters. The van der Waals surface area contributed by atoms with Crippen LogP contribution in [0.5, 0.6) is 0 Å². The molecule has 0 aliphatic heterocycles. The van der Waals surface area contributed by atoms with E-state index in [1.54, 1.807) is 6.92 Å². The van der Waals surface area contributed by atoms with Crippen molar-refractivity contribution in [1.82, 2.24) is 0 Å². The SMILES string of the molecule is CCC(C)[C@H](N)C(=O)OO[N+](=O)[O-]. The standard InChI is InChI=1S/C6H12N2O5/c1-3-4(2)5(7)6(9)12-13-8(10)11/h4-5H,3,7H2,1-2H3/t4?,5-/m0/s1. The lowest BCUT2D eigenvalue weighted by Gasteiger charge is -2.14. The topological polar surface area (TPSA) is 105 Å². The van der Waals surface area contributed by atoms with Crippen LogP contribution >= 0.6 is 0 Å². The number of nitrogens with two attached hydrogens (primary N) is 1. The lowest BCUT2D eigenvalue weighted by atomic mass is 10.0. The number of hydrogen-bond donors (Lipinski definition) is 1. The lowest BCUT2D eigenvalue weighted by Crippen LogP contribution is -2.38. The van der Waals surface area contributed by atoms with Crippen LogP contribution in [-0.2, 0) is 14.7 Å². The van der Waals surface area contributed by atoms with Gasteiger partial charge in [0.2, 0.25) is 0 Å². The third-order valence-electron chi connectivity index (χ3n) is 1.71. The highest BCUT2D eigenvalue weighted by molar-refractivity contribution is 5.75. The third-order valence-corrected chi connectivity index (χ3v) is 1.71. The molecule has 0 radical (unpaired) electrons. The largest absolute Gasteiger partial charge is 0.359 e. The van der Waals surface area contributed by atoms with Crippen molar-refractivity contribution in [3.8, 4) is 0 Å². The maximum absolute atomic E-state index is 10.9. The molecular weight excluding hydrogens is 180 g/mol. The third kappa shape index (κ3) is 4.26. The molecule has 0 saturated heterocycles. The molecular formula is C6H12N2O5. The average molecular weight is 192 g/mol. The molecule has 0 aliphatic rings. The second kappa shape index (κ2) is 5.31. The first-order chi connectivity index (χ1) is 5.99. The van der Waals surface area contributed by atoms with Gasteiger partial charge in [-0.05, 0) is 5.92 Å². The molecule has 7 heteroatoms. The van der Waals surface area contributed by atoms with Crippen molar-refractivity contribution in [3.63, 3.8) is 0 Å². The summed E-state index contributed by atoms with van der Waals surface area (Å²) in [5.74, 6) is -1.05. The van der Waals surface area contributed by atoms with Gasteiger partial charge in [-0.25, -0.2) is 4.79 Å². The first-order valence-electron chi connectivity index (χ1n) is 3.77. The van der Waals surface area contributed by atoms with Crippen molar-refractivity contribution < 1.29 is 19.8 Å². The van der Waals surface area contributed by atoms with Crippen LogP contribution in [0.2, 0.25) is 0 Å². The first kappa shape index (κ1) is 11.6. The van der Waals surface area contributed by atoms with E-state index in [9.17, 15) is 14.9 Å². The molecule has 76 valence electrons. The minimum Gasteiger partial charge on any atom is -0.318 e. The van der Waals surface area contributed by atoms with Crippen LogP contribution in [0.3, 0.4) is 0 Å². The summed E-state index contributed by atoms with van der Waals surface area (Å²) >= 11 is 0. The maximum atomic E-state index is 10.9. The Bertz CT molecular complexity index is 195. The van der Waals surface area contributed by atoms with Crippen molar-refractivity contribution in [3.05, 3.63) is 10.1 Å². The summed E-state index contributed by atoms with van der Waals surface area (Å²) in [5, 5.41) is 8.41. The number of carbonyl (C=O) groups excluding carboxylic acids is 1. The fraction of sp³-hybridized carbons (Fsp3) is 0.833. The van der Waals surface area contributed by atoms with Crippen LogP contribution in [0, 0.1) is 16.0 Å². The van der Waals surface area contributed by atoms with Crippen LogP contribution < -0.4 is 5.73 Å². The van der Waals surface area contributed by atoms with Gasteiger partial charge >= 0.3 is 11.1 Å². The number of hydrogen-bond acceptors (Lipinski definition) is 6. The zero-order valence-corrected chi connectivity index (χ0v) is 7.43. The monoisotopic (exact) mass is 192 g/mol. The molecule has 0 aliphatic carbocycles. The molecule has 0 rings (SSSR count). The smallest absolute Gasteiger partial charge is 0.318 e. The fourth-order valence-corrected chi connectivity index (χ4v) is 0.609. The molecule has 13 heavy (non-hydrogen) atoms. The summed E-state index contributed by atoms with van der Waals surface area (Å²) in [4.78, 5) is 27.7. The Balaban J connectivity index is 3.89. The zero-order valence-electron chi connectivity index (χ0n) is 7.43. The Morgan fingerprint density at radius 2 is 2.23 bits per heavy atom. The number of rotatable bonds is 5. The highest BCUT2D eigenvalue weighted by atomic mass is 17.3. The van der Waals surface area contributed by atoms with Gasteiger partial charge in [-0.2, -0.15) is 0 Å². The molecule has 0 saturated carbocycles. The van der Waals surface area contributed by atoms with Crippen LogP contribution in [0.15, 0.2) is 0 Å². The first-order valence-corrected chi connectivity index (χ1v) is 3.77. The minimum absolute atomic E-state index is 0.108. The Kier molecular flexibility index (Phi) is 4.75. The molecule has 0 aromatic heterocycles. The van der Waals surface area contributed by atoms with Crippen LogP contribution in [-0.4, -0.2) is 17.1 Å². The Hall–Kier alpha value is -1.37. The van der Waals surface area contributed by atoms with Gasteiger partial charge in [0.25, 0.3) is 0 Å². The lowest BCUT2D eigenvalue weighted by molar-refractivity contribution is -0.839. The van der Waals surface area contributed by atoms with Crippen molar-refractivity contribution in [1.29, 1.82) is 0 Å². The number of carbonyl (C=O) groups is 1. The Morgan fingerprint density at radius 1 is 1.69 bits per heavy atom. The van der Waals surface area contributed by atoms with Gasteiger partial charge in [0.1, 0.15) is 6.04 Å².